The van der Waals surface area contributed by atoms with Crippen LogP contribution in [-0.2, 0) is 11.3 Å². The maximum atomic E-state index is 13.3. The molecule has 1 fully saturated rings. The number of ether oxygens (including phenoxy) is 1. The Morgan fingerprint density at radius 2 is 2.21 bits per heavy atom. The van der Waals surface area contributed by atoms with Crippen LogP contribution in [0.4, 0.5) is 13.2 Å². The number of aromatic carboxylic acids is 1. The SMILES string of the molecule is COC1(C(F)(F)F)CCN(Cc2cccc3sc(C(=O)O)cc23)C1. The van der Waals surface area contributed by atoms with Gasteiger partial charge in [0.2, 0.25) is 0 Å². The van der Waals surface area contributed by atoms with Gasteiger partial charge in [-0.3, -0.25) is 4.90 Å². The second-order valence-corrected chi connectivity index (χ2v) is 6.99. The molecule has 1 atom stereocenters. The summed E-state index contributed by atoms with van der Waals surface area (Å²) in [6.07, 6.45) is -4.52. The number of carbonyl (C=O) groups is 1. The van der Waals surface area contributed by atoms with Gasteiger partial charge < -0.3 is 9.84 Å². The highest BCUT2D eigenvalue weighted by Gasteiger charge is 2.58. The van der Waals surface area contributed by atoms with E-state index in [0.717, 1.165) is 34.1 Å². The molecule has 1 unspecified atom stereocenters. The minimum Gasteiger partial charge on any atom is -0.477 e. The number of hydrogen-bond acceptors (Lipinski definition) is 4. The first-order chi connectivity index (χ1) is 11.3. The molecular weight excluding hydrogens is 343 g/mol. The predicted molar refractivity (Wildman–Crippen MR) is 84.5 cm³/mol. The van der Waals surface area contributed by atoms with E-state index in [1.807, 2.05) is 12.1 Å². The molecule has 1 aliphatic rings. The van der Waals surface area contributed by atoms with Crippen molar-refractivity contribution in [3.63, 3.8) is 0 Å². The van der Waals surface area contributed by atoms with Gasteiger partial charge in [-0.25, -0.2) is 4.79 Å². The number of halogens is 3. The molecule has 0 amide bonds. The van der Waals surface area contributed by atoms with Crippen molar-refractivity contribution in [1.82, 2.24) is 4.90 Å². The molecule has 3 rings (SSSR count). The van der Waals surface area contributed by atoms with Crippen molar-refractivity contribution in [3.05, 3.63) is 34.7 Å². The quantitative estimate of drug-likeness (QED) is 0.903. The van der Waals surface area contributed by atoms with Crippen molar-refractivity contribution in [2.24, 2.45) is 0 Å². The first-order valence-electron chi connectivity index (χ1n) is 7.35. The Morgan fingerprint density at radius 1 is 1.46 bits per heavy atom. The van der Waals surface area contributed by atoms with Crippen molar-refractivity contribution in [3.8, 4) is 0 Å². The first kappa shape index (κ1) is 17.2. The number of carboxylic acids is 1. The molecule has 1 aromatic heterocycles. The summed E-state index contributed by atoms with van der Waals surface area (Å²) in [5.41, 5.74) is -1.30. The van der Waals surface area contributed by atoms with Gasteiger partial charge in [-0.05, 0) is 29.5 Å². The lowest BCUT2D eigenvalue weighted by atomic mass is 10.0. The molecule has 0 aliphatic carbocycles. The third-order valence-electron chi connectivity index (χ3n) is 4.47. The topological polar surface area (TPSA) is 49.8 Å². The monoisotopic (exact) mass is 359 g/mol. The van der Waals surface area contributed by atoms with E-state index in [9.17, 15) is 18.0 Å². The van der Waals surface area contributed by atoms with Crippen molar-refractivity contribution in [2.75, 3.05) is 20.2 Å². The van der Waals surface area contributed by atoms with Gasteiger partial charge in [-0.2, -0.15) is 13.2 Å². The molecular formula is C16H16F3NO3S. The average molecular weight is 359 g/mol. The van der Waals surface area contributed by atoms with Gasteiger partial charge in [0, 0.05) is 31.4 Å². The largest absolute Gasteiger partial charge is 0.477 e. The molecule has 0 radical (unpaired) electrons. The van der Waals surface area contributed by atoms with Crippen LogP contribution in [0, 0.1) is 0 Å². The van der Waals surface area contributed by atoms with Crippen LogP contribution in [0.3, 0.4) is 0 Å². The lowest BCUT2D eigenvalue weighted by molar-refractivity contribution is -0.263. The number of thiophene rings is 1. The molecule has 0 spiro atoms. The fraction of sp³-hybridized carbons (Fsp3) is 0.438. The Bertz CT molecular complexity index is 774. The number of hydrogen-bond donors (Lipinski definition) is 1. The van der Waals surface area contributed by atoms with E-state index >= 15 is 0 Å². The maximum Gasteiger partial charge on any atom is 0.418 e. The Morgan fingerprint density at radius 3 is 2.79 bits per heavy atom. The smallest absolute Gasteiger partial charge is 0.418 e. The fourth-order valence-electron chi connectivity index (χ4n) is 3.11. The number of likely N-dealkylation sites (tertiary alicyclic amines) is 1. The normalized spacial score (nSPS) is 22.3. The Balaban J connectivity index is 1.85. The highest BCUT2D eigenvalue weighted by molar-refractivity contribution is 7.20. The van der Waals surface area contributed by atoms with Crippen LogP contribution in [0.1, 0.15) is 21.7 Å². The van der Waals surface area contributed by atoms with Gasteiger partial charge >= 0.3 is 12.1 Å². The van der Waals surface area contributed by atoms with Crippen LogP contribution in [0.15, 0.2) is 24.3 Å². The summed E-state index contributed by atoms with van der Waals surface area (Å²) in [5, 5.41) is 9.89. The van der Waals surface area contributed by atoms with E-state index in [4.69, 9.17) is 9.84 Å². The number of methoxy groups -OCH3 is 1. The van der Waals surface area contributed by atoms with Gasteiger partial charge in [0.25, 0.3) is 0 Å². The van der Waals surface area contributed by atoms with Crippen molar-refractivity contribution in [2.45, 2.75) is 24.7 Å². The summed E-state index contributed by atoms with van der Waals surface area (Å²) in [6, 6.07) is 7.01. The molecule has 1 saturated heterocycles. The van der Waals surface area contributed by atoms with Crippen LogP contribution < -0.4 is 0 Å². The summed E-state index contributed by atoms with van der Waals surface area (Å²) in [7, 11) is 1.09. The van der Waals surface area contributed by atoms with Gasteiger partial charge in [0.15, 0.2) is 5.60 Å². The molecule has 2 aromatic rings. The molecule has 4 nitrogen and oxygen atoms in total. The zero-order chi connectivity index (χ0) is 17.5. The Hall–Kier alpha value is -1.64. The van der Waals surface area contributed by atoms with Crippen molar-refractivity contribution in [1.29, 1.82) is 0 Å². The van der Waals surface area contributed by atoms with E-state index in [2.05, 4.69) is 0 Å². The second kappa shape index (κ2) is 6.02. The average Bonchev–Trinajstić information content (AvgIpc) is 3.11. The number of benzene rings is 1. The van der Waals surface area contributed by atoms with Crippen LogP contribution in [0.5, 0.6) is 0 Å². The minimum absolute atomic E-state index is 0.104. The molecule has 2 heterocycles. The molecule has 130 valence electrons. The van der Waals surface area contributed by atoms with E-state index < -0.39 is 17.7 Å². The molecule has 0 bridgehead atoms. The summed E-state index contributed by atoms with van der Waals surface area (Å²) in [6.45, 7) is 0.382. The van der Waals surface area contributed by atoms with E-state index in [1.165, 1.54) is 0 Å². The molecule has 0 saturated carbocycles. The molecule has 8 heteroatoms. The maximum absolute atomic E-state index is 13.3. The number of alkyl halides is 3. The summed E-state index contributed by atoms with van der Waals surface area (Å²) in [5.74, 6) is -1.00. The zero-order valence-corrected chi connectivity index (χ0v) is 13.7. The van der Waals surface area contributed by atoms with Gasteiger partial charge in [-0.1, -0.05) is 12.1 Å². The highest BCUT2D eigenvalue weighted by Crippen LogP contribution is 2.41. The lowest BCUT2D eigenvalue weighted by Crippen LogP contribution is -2.49. The number of nitrogens with zero attached hydrogens (tertiary/aromatic N) is 1. The van der Waals surface area contributed by atoms with Crippen molar-refractivity contribution < 1.29 is 27.8 Å². The molecule has 24 heavy (non-hydrogen) atoms. The standard InChI is InChI=1S/C16H16F3NO3S/c1-23-15(16(17,18)19)5-6-20(9-15)8-10-3-2-4-12-11(10)7-13(24-12)14(21)22/h2-4,7H,5-6,8-9H2,1H3,(H,21,22). The summed E-state index contributed by atoms with van der Waals surface area (Å²) < 4.78 is 45.4. The van der Waals surface area contributed by atoms with Gasteiger partial charge in [0.05, 0.1) is 0 Å². The molecule has 1 aliphatic heterocycles. The fourth-order valence-corrected chi connectivity index (χ4v) is 4.06. The third kappa shape index (κ3) is 2.89. The van der Waals surface area contributed by atoms with Crippen LogP contribution in [-0.4, -0.2) is 48.0 Å². The number of carboxylic acid groups (broad SMARTS) is 1. The Kier molecular flexibility index (Phi) is 4.31. The van der Waals surface area contributed by atoms with Crippen LogP contribution in [0.2, 0.25) is 0 Å². The Labute approximate surface area is 140 Å². The molecule has 1 aromatic carbocycles. The van der Waals surface area contributed by atoms with Crippen LogP contribution in [0.25, 0.3) is 10.1 Å². The first-order valence-corrected chi connectivity index (χ1v) is 8.16. The van der Waals surface area contributed by atoms with Gasteiger partial charge in [-0.15, -0.1) is 11.3 Å². The summed E-state index contributed by atoms with van der Waals surface area (Å²) >= 11 is 1.16. The zero-order valence-electron chi connectivity index (χ0n) is 12.9. The van der Waals surface area contributed by atoms with E-state index in [0.29, 0.717) is 6.54 Å². The highest BCUT2D eigenvalue weighted by atomic mass is 32.1. The third-order valence-corrected chi connectivity index (χ3v) is 5.56. The minimum atomic E-state index is -4.42. The predicted octanol–water partition coefficient (Wildman–Crippen LogP) is 3.75. The summed E-state index contributed by atoms with van der Waals surface area (Å²) in [4.78, 5) is 13.0. The number of fused-ring (bicyclic) bond motifs is 1. The van der Waals surface area contributed by atoms with E-state index in [-0.39, 0.29) is 24.4 Å². The van der Waals surface area contributed by atoms with Gasteiger partial charge in [0.1, 0.15) is 4.88 Å². The van der Waals surface area contributed by atoms with Crippen molar-refractivity contribution >= 4 is 27.4 Å². The second-order valence-electron chi connectivity index (χ2n) is 5.90. The van der Waals surface area contributed by atoms with E-state index in [1.54, 1.807) is 17.0 Å². The van der Waals surface area contributed by atoms with Crippen LogP contribution >= 0.6 is 11.3 Å². The lowest BCUT2D eigenvalue weighted by Gasteiger charge is -2.30. The number of rotatable bonds is 4. The molecule has 1 N–H and O–H groups in total.